The summed E-state index contributed by atoms with van der Waals surface area (Å²) in [6.07, 6.45) is 0. The SMILES string of the molecule is CC.Cc1cc(C(=O)NC(C)C)c(C)o1. The maximum absolute atomic E-state index is 11.5. The van der Waals surface area contributed by atoms with Gasteiger partial charge in [-0.05, 0) is 33.8 Å². The molecule has 1 amide bonds. The van der Waals surface area contributed by atoms with Gasteiger partial charge < -0.3 is 9.73 Å². The monoisotopic (exact) mass is 211 g/mol. The number of rotatable bonds is 2. The molecule has 0 aliphatic carbocycles. The molecule has 1 N–H and O–H groups in total. The lowest BCUT2D eigenvalue weighted by Gasteiger charge is -2.06. The Hall–Kier alpha value is -1.25. The van der Waals surface area contributed by atoms with Crippen LogP contribution in [0.15, 0.2) is 10.5 Å². The van der Waals surface area contributed by atoms with Gasteiger partial charge in [-0.3, -0.25) is 4.79 Å². The smallest absolute Gasteiger partial charge is 0.255 e. The predicted octanol–water partition coefficient (Wildman–Crippen LogP) is 3.06. The second-order valence-electron chi connectivity index (χ2n) is 3.46. The van der Waals surface area contributed by atoms with Gasteiger partial charge in [-0.1, -0.05) is 13.8 Å². The van der Waals surface area contributed by atoms with E-state index >= 15 is 0 Å². The minimum atomic E-state index is -0.0654. The van der Waals surface area contributed by atoms with E-state index in [-0.39, 0.29) is 11.9 Å². The summed E-state index contributed by atoms with van der Waals surface area (Å²) in [6.45, 7) is 11.5. The number of amides is 1. The van der Waals surface area contributed by atoms with Crippen LogP contribution < -0.4 is 5.32 Å². The van der Waals surface area contributed by atoms with Gasteiger partial charge in [0.2, 0.25) is 0 Å². The summed E-state index contributed by atoms with van der Waals surface area (Å²) in [5, 5.41) is 2.81. The van der Waals surface area contributed by atoms with E-state index in [2.05, 4.69) is 5.32 Å². The molecule has 1 aromatic heterocycles. The van der Waals surface area contributed by atoms with E-state index in [0.29, 0.717) is 11.3 Å². The molecule has 0 atom stereocenters. The van der Waals surface area contributed by atoms with Gasteiger partial charge in [0, 0.05) is 6.04 Å². The fraction of sp³-hybridized carbons (Fsp3) is 0.583. The van der Waals surface area contributed by atoms with E-state index in [1.54, 1.807) is 13.0 Å². The van der Waals surface area contributed by atoms with Crippen LogP contribution in [-0.2, 0) is 0 Å². The quantitative estimate of drug-likeness (QED) is 0.817. The molecule has 3 heteroatoms. The van der Waals surface area contributed by atoms with E-state index in [0.717, 1.165) is 5.76 Å². The predicted molar refractivity (Wildman–Crippen MR) is 62.1 cm³/mol. The molecule has 0 bridgehead atoms. The Morgan fingerprint density at radius 2 is 1.87 bits per heavy atom. The highest BCUT2D eigenvalue weighted by Crippen LogP contribution is 2.13. The lowest BCUT2D eigenvalue weighted by molar-refractivity contribution is 0.0941. The molecule has 1 aromatic rings. The van der Waals surface area contributed by atoms with Crippen molar-refractivity contribution in [3.05, 3.63) is 23.2 Å². The Kier molecular flexibility index (Phi) is 5.75. The second kappa shape index (κ2) is 6.27. The first kappa shape index (κ1) is 13.8. The molecule has 0 aliphatic rings. The molecule has 0 saturated carbocycles. The number of carbonyl (C=O) groups is 1. The molecule has 3 nitrogen and oxygen atoms in total. The summed E-state index contributed by atoms with van der Waals surface area (Å²) >= 11 is 0. The molecule has 0 saturated heterocycles. The summed E-state index contributed by atoms with van der Waals surface area (Å²) in [5.74, 6) is 1.38. The first-order valence-corrected chi connectivity index (χ1v) is 5.38. The number of carbonyl (C=O) groups excluding carboxylic acids is 1. The van der Waals surface area contributed by atoms with E-state index in [9.17, 15) is 4.79 Å². The maximum Gasteiger partial charge on any atom is 0.255 e. The minimum absolute atomic E-state index is 0.0654. The fourth-order valence-corrected chi connectivity index (χ4v) is 1.20. The van der Waals surface area contributed by atoms with Crippen molar-refractivity contribution in [3.63, 3.8) is 0 Å². The summed E-state index contributed by atoms with van der Waals surface area (Å²) < 4.78 is 5.26. The molecule has 1 heterocycles. The lowest BCUT2D eigenvalue weighted by atomic mass is 10.2. The average Bonchev–Trinajstić information content (AvgIpc) is 2.47. The maximum atomic E-state index is 11.5. The van der Waals surface area contributed by atoms with Crippen LogP contribution in [0.1, 0.15) is 49.6 Å². The zero-order chi connectivity index (χ0) is 12.0. The molecule has 0 aliphatic heterocycles. The summed E-state index contributed by atoms with van der Waals surface area (Å²) in [4.78, 5) is 11.5. The Morgan fingerprint density at radius 1 is 1.33 bits per heavy atom. The highest BCUT2D eigenvalue weighted by Gasteiger charge is 2.13. The number of aryl methyl sites for hydroxylation is 2. The Balaban J connectivity index is 0.000000921. The van der Waals surface area contributed by atoms with Crippen molar-refractivity contribution in [1.82, 2.24) is 5.32 Å². The molecule has 15 heavy (non-hydrogen) atoms. The van der Waals surface area contributed by atoms with E-state index in [1.807, 2.05) is 34.6 Å². The van der Waals surface area contributed by atoms with Crippen molar-refractivity contribution < 1.29 is 9.21 Å². The van der Waals surface area contributed by atoms with Gasteiger partial charge in [0.05, 0.1) is 5.56 Å². The van der Waals surface area contributed by atoms with Crippen LogP contribution in [0.25, 0.3) is 0 Å². The highest BCUT2D eigenvalue weighted by molar-refractivity contribution is 5.95. The zero-order valence-electron chi connectivity index (χ0n) is 10.5. The number of hydrogen-bond acceptors (Lipinski definition) is 2. The van der Waals surface area contributed by atoms with Gasteiger partial charge in [-0.25, -0.2) is 0 Å². The van der Waals surface area contributed by atoms with Crippen molar-refractivity contribution in [3.8, 4) is 0 Å². The molecule has 0 fully saturated rings. The van der Waals surface area contributed by atoms with Gasteiger partial charge in [-0.15, -0.1) is 0 Å². The van der Waals surface area contributed by atoms with Gasteiger partial charge in [0.1, 0.15) is 11.5 Å². The number of hydrogen-bond donors (Lipinski definition) is 1. The normalized spacial score (nSPS) is 9.53. The van der Waals surface area contributed by atoms with Crippen LogP contribution in [0.5, 0.6) is 0 Å². The van der Waals surface area contributed by atoms with Crippen molar-refractivity contribution in [2.24, 2.45) is 0 Å². The fourth-order valence-electron chi connectivity index (χ4n) is 1.20. The lowest BCUT2D eigenvalue weighted by Crippen LogP contribution is -2.30. The van der Waals surface area contributed by atoms with Crippen molar-refractivity contribution >= 4 is 5.91 Å². The molecule has 0 aromatic carbocycles. The van der Waals surface area contributed by atoms with Crippen molar-refractivity contribution in [1.29, 1.82) is 0 Å². The van der Waals surface area contributed by atoms with E-state index in [1.165, 1.54) is 0 Å². The molecular formula is C12H21NO2. The minimum Gasteiger partial charge on any atom is -0.466 e. The third-order valence-corrected chi connectivity index (χ3v) is 1.71. The molecule has 0 spiro atoms. The van der Waals surface area contributed by atoms with Crippen LogP contribution in [0.4, 0.5) is 0 Å². The van der Waals surface area contributed by atoms with E-state index < -0.39 is 0 Å². The second-order valence-corrected chi connectivity index (χ2v) is 3.46. The van der Waals surface area contributed by atoms with Crippen LogP contribution in [0, 0.1) is 13.8 Å². The van der Waals surface area contributed by atoms with Crippen molar-refractivity contribution in [2.45, 2.75) is 47.6 Å². The summed E-state index contributed by atoms with van der Waals surface area (Å²) in [6, 6.07) is 1.91. The molecule has 0 unspecified atom stereocenters. The van der Waals surface area contributed by atoms with E-state index in [4.69, 9.17) is 4.42 Å². The highest BCUT2D eigenvalue weighted by atomic mass is 16.3. The first-order chi connectivity index (χ1) is 7.00. The Morgan fingerprint density at radius 3 is 2.20 bits per heavy atom. The molecule has 1 rings (SSSR count). The zero-order valence-corrected chi connectivity index (χ0v) is 10.5. The average molecular weight is 211 g/mol. The Bertz CT molecular complexity index is 313. The van der Waals surface area contributed by atoms with Crippen molar-refractivity contribution in [2.75, 3.05) is 0 Å². The third-order valence-electron chi connectivity index (χ3n) is 1.71. The number of furan rings is 1. The standard InChI is InChI=1S/C10H15NO2.C2H6/c1-6(2)11-10(12)9-5-7(3)13-8(9)4;1-2/h5-6H,1-4H3,(H,11,12);1-2H3. The Labute approximate surface area is 91.9 Å². The first-order valence-electron chi connectivity index (χ1n) is 5.38. The molecular weight excluding hydrogens is 190 g/mol. The van der Waals surface area contributed by atoms with Gasteiger partial charge in [-0.2, -0.15) is 0 Å². The van der Waals surface area contributed by atoms with Crippen LogP contribution in [0.2, 0.25) is 0 Å². The van der Waals surface area contributed by atoms with Crippen LogP contribution in [-0.4, -0.2) is 11.9 Å². The molecule has 0 radical (unpaired) electrons. The van der Waals surface area contributed by atoms with Gasteiger partial charge in [0.25, 0.3) is 5.91 Å². The third kappa shape index (κ3) is 4.19. The molecule has 86 valence electrons. The van der Waals surface area contributed by atoms with Gasteiger partial charge in [0.15, 0.2) is 0 Å². The summed E-state index contributed by atoms with van der Waals surface area (Å²) in [5.41, 5.74) is 0.631. The number of nitrogens with one attached hydrogen (secondary N) is 1. The largest absolute Gasteiger partial charge is 0.466 e. The summed E-state index contributed by atoms with van der Waals surface area (Å²) in [7, 11) is 0. The van der Waals surface area contributed by atoms with Crippen LogP contribution in [0.3, 0.4) is 0 Å². The van der Waals surface area contributed by atoms with Gasteiger partial charge >= 0.3 is 0 Å². The van der Waals surface area contributed by atoms with Crippen LogP contribution >= 0.6 is 0 Å². The topological polar surface area (TPSA) is 42.2 Å².